The van der Waals surface area contributed by atoms with Crippen molar-refractivity contribution in [1.29, 1.82) is 0 Å². The van der Waals surface area contributed by atoms with Gasteiger partial charge in [0.2, 0.25) is 14.0 Å². The predicted molar refractivity (Wildman–Crippen MR) is 112 cm³/mol. The number of unbranched alkanes of at least 4 members (excludes halogenated alkanes) is 11. The third kappa shape index (κ3) is 15.9. The molecule has 0 aromatic carbocycles. The van der Waals surface area contributed by atoms with Crippen LogP contribution in [0.15, 0.2) is 16.9 Å². The molecule has 1 unspecified atom stereocenters. The summed E-state index contributed by atoms with van der Waals surface area (Å²) in [7, 11) is -2.58. The molecule has 0 spiro atoms. The van der Waals surface area contributed by atoms with Crippen molar-refractivity contribution >= 4 is 19.4 Å². The molecule has 0 heterocycles. The van der Waals surface area contributed by atoms with Crippen LogP contribution >= 0.6 is 7.94 Å². The average Bonchev–Trinajstić information content (AvgIpc) is 2.68. The van der Waals surface area contributed by atoms with Gasteiger partial charge in [-0.05, 0) is 32.1 Å². The molecule has 0 aliphatic heterocycles. The average molecular weight is 416 g/mol. The summed E-state index contributed by atoms with van der Waals surface area (Å²) >= 11 is 0. The zero-order valence-corrected chi connectivity index (χ0v) is 18.2. The maximum absolute atomic E-state index is 11.7. The van der Waals surface area contributed by atoms with Gasteiger partial charge in [0.25, 0.3) is 0 Å². The lowest BCUT2D eigenvalue weighted by molar-refractivity contribution is -0.162. The summed E-state index contributed by atoms with van der Waals surface area (Å²) in [6.45, 7) is 1.48. The first-order valence-corrected chi connectivity index (χ1v) is 11.9. The van der Waals surface area contributed by atoms with E-state index in [1.807, 2.05) is 0 Å². The number of aliphatic carboxylic acids is 1. The Labute approximate surface area is 171 Å². The number of carbonyl (C=O) groups excluding carboxylic acids is 1. The highest BCUT2D eigenvalue weighted by molar-refractivity contribution is 7.59. The van der Waals surface area contributed by atoms with E-state index < -0.39 is 32.1 Å². The Kier molecular flexibility index (Phi) is 18.5. The van der Waals surface area contributed by atoms with E-state index in [1.165, 1.54) is 44.9 Å². The minimum Gasteiger partial charge on any atom is -0.605 e. The van der Waals surface area contributed by atoms with Gasteiger partial charge >= 0.3 is 11.5 Å². The van der Waals surface area contributed by atoms with Crippen LogP contribution in [0.1, 0.15) is 96.8 Å². The maximum atomic E-state index is 11.7. The topological polar surface area (TPSA) is 110 Å². The highest BCUT2D eigenvalue weighted by atomic mass is 31.1. The van der Waals surface area contributed by atoms with E-state index >= 15 is 0 Å². The molecule has 0 bridgehead atoms. The molecule has 162 valence electrons. The third-order valence-electron chi connectivity index (χ3n) is 4.57. The highest BCUT2D eigenvalue weighted by Gasteiger charge is 2.22. The van der Waals surface area contributed by atoms with E-state index in [-0.39, 0.29) is 6.42 Å². The number of rotatable bonds is 19. The van der Waals surface area contributed by atoms with Crippen molar-refractivity contribution in [2.75, 3.05) is 6.61 Å². The van der Waals surface area contributed by atoms with Gasteiger partial charge in [-0.2, -0.15) is 0 Å². The Morgan fingerprint density at radius 3 is 1.93 bits per heavy atom. The molecule has 0 aromatic rings. The molecule has 0 aromatic heterocycles. The van der Waals surface area contributed by atoms with Crippen LogP contribution in [0.4, 0.5) is 0 Å². The number of hydrogen-bond donors (Lipinski definition) is 2. The Bertz CT molecular complexity index is 479. The van der Waals surface area contributed by atoms with E-state index in [1.54, 1.807) is 0 Å². The molecule has 0 saturated carbocycles. The Morgan fingerprint density at radius 2 is 1.43 bits per heavy atom. The number of aliphatic hydroxyl groups is 1. The summed E-state index contributed by atoms with van der Waals surface area (Å²) < 4.78 is 3.39. The first kappa shape index (κ1) is 26.9. The Morgan fingerprint density at radius 1 is 0.929 bits per heavy atom. The van der Waals surface area contributed by atoms with E-state index in [0.717, 1.165) is 32.1 Å². The molecule has 0 saturated heterocycles. The number of allylic oxidation sites excluding steroid dienone is 2. The smallest absolute Gasteiger partial charge is 0.341 e. The SMILES string of the molecule is CCCCCCCC/C=C/CCCCCCCC(=O)[P+]([O-])=N[C@@H](CO)C(=O)O. The molecule has 6 nitrogen and oxygen atoms in total. The molecule has 7 heteroatoms. The van der Waals surface area contributed by atoms with Gasteiger partial charge in [-0.3, -0.25) is 0 Å². The standard InChI is InChI=1S/C21H38NO5P/c1-2-3-4-5-6-7-8-9-10-11-12-13-14-15-16-17-20(24)28(27)22-19(18-23)21(25)26/h9-10,19,23H,2-8,11-18H2,1H3,(H,25,26)/b10-9+/t19-/m0/s1. The van der Waals surface area contributed by atoms with Gasteiger partial charge in [-0.15, -0.1) is 0 Å². The summed E-state index contributed by atoms with van der Waals surface area (Å²) in [5.74, 6) is -1.38. The van der Waals surface area contributed by atoms with Crippen molar-refractivity contribution in [2.24, 2.45) is 4.74 Å². The highest BCUT2D eigenvalue weighted by Crippen LogP contribution is 2.22. The van der Waals surface area contributed by atoms with E-state index in [4.69, 9.17) is 10.2 Å². The first-order valence-electron chi connectivity index (χ1n) is 10.7. The van der Waals surface area contributed by atoms with Gasteiger partial charge in [-0.25, -0.2) is 9.59 Å². The largest absolute Gasteiger partial charge is 0.605 e. The summed E-state index contributed by atoms with van der Waals surface area (Å²) in [6, 6.07) is -1.48. The number of carboxylic acids is 1. The Balaban J connectivity index is 3.58. The molecular formula is C21H38NO5P. The lowest BCUT2D eigenvalue weighted by atomic mass is 10.1. The quantitative estimate of drug-likeness (QED) is 0.176. The summed E-state index contributed by atoms with van der Waals surface area (Å²) in [5, 5.41) is 17.5. The summed E-state index contributed by atoms with van der Waals surface area (Å²) in [6.07, 6.45) is 19.8. The fourth-order valence-corrected chi connectivity index (χ4v) is 3.70. The monoisotopic (exact) mass is 415 g/mol. The van der Waals surface area contributed by atoms with E-state index in [0.29, 0.717) is 6.42 Å². The van der Waals surface area contributed by atoms with Gasteiger partial charge in [0.15, 0.2) is 0 Å². The first-order chi connectivity index (χ1) is 13.5. The minimum absolute atomic E-state index is 0.147. The molecule has 28 heavy (non-hydrogen) atoms. The zero-order valence-electron chi connectivity index (χ0n) is 17.4. The second-order valence-electron chi connectivity index (χ2n) is 7.15. The summed E-state index contributed by atoms with van der Waals surface area (Å²) in [4.78, 5) is 34.0. The van der Waals surface area contributed by atoms with Gasteiger partial charge in [-0.1, -0.05) is 75.2 Å². The number of carbonyl (C=O) groups is 2. The normalized spacial score (nSPS) is 13.2. The summed E-state index contributed by atoms with van der Waals surface area (Å²) in [5.41, 5.74) is -0.535. The van der Waals surface area contributed by atoms with Crippen LogP contribution in [0.25, 0.3) is 0 Å². The molecule has 0 fully saturated rings. The maximum Gasteiger partial charge on any atom is 0.341 e. The molecule has 2 N–H and O–H groups in total. The van der Waals surface area contributed by atoms with Crippen molar-refractivity contribution in [3.63, 3.8) is 0 Å². The van der Waals surface area contributed by atoms with Crippen LogP contribution in [0.2, 0.25) is 0 Å². The third-order valence-corrected chi connectivity index (χ3v) is 5.71. The molecule has 0 radical (unpaired) electrons. The van der Waals surface area contributed by atoms with Crippen molar-refractivity contribution in [2.45, 2.75) is 103 Å². The second kappa shape index (κ2) is 19.2. The van der Waals surface area contributed by atoms with E-state index in [2.05, 4.69) is 23.8 Å². The van der Waals surface area contributed by atoms with Crippen LogP contribution in [0, 0.1) is 0 Å². The number of carboxylic acid groups (broad SMARTS) is 1. The minimum atomic E-state index is -2.58. The number of nitrogens with zero attached hydrogens (tertiary/aromatic N) is 1. The molecule has 0 amide bonds. The molecule has 2 atom stereocenters. The van der Waals surface area contributed by atoms with Crippen LogP contribution in [-0.4, -0.2) is 34.4 Å². The fraction of sp³-hybridized carbons (Fsp3) is 0.810. The fourth-order valence-electron chi connectivity index (χ4n) is 2.80. The van der Waals surface area contributed by atoms with Crippen molar-refractivity contribution in [3.05, 3.63) is 12.2 Å². The lowest BCUT2D eigenvalue weighted by Crippen LogP contribution is -2.22. The van der Waals surface area contributed by atoms with Crippen LogP contribution in [0.3, 0.4) is 0 Å². The number of aliphatic hydroxyl groups excluding tert-OH is 1. The molecule has 0 aliphatic rings. The van der Waals surface area contributed by atoms with Gasteiger partial charge in [0, 0.05) is 0 Å². The van der Waals surface area contributed by atoms with Crippen molar-refractivity contribution < 1.29 is 24.7 Å². The van der Waals surface area contributed by atoms with Gasteiger partial charge in [0.1, 0.15) is 0 Å². The van der Waals surface area contributed by atoms with Crippen molar-refractivity contribution in [3.8, 4) is 0 Å². The van der Waals surface area contributed by atoms with Gasteiger partial charge in [0.05, 0.1) is 13.0 Å². The Hall–Kier alpha value is -1.10. The second-order valence-corrected chi connectivity index (χ2v) is 8.43. The van der Waals surface area contributed by atoms with Crippen LogP contribution < -0.4 is 4.89 Å². The molecular weight excluding hydrogens is 377 g/mol. The zero-order chi connectivity index (χ0) is 21.0. The lowest BCUT2D eigenvalue weighted by Gasteiger charge is -2.01. The van der Waals surface area contributed by atoms with Crippen LogP contribution in [0.5, 0.6) is 0 Å². The molecule has 0 aliphatic carbocycles. The molecule has 0 rings (SSSR count). The predicted octanol–water partition coefficient (Wildman–Crippen LogP) is 4.94. The van der Waals surface area contributed by atoms with E-state index in [9.17, 15) is 14.5 Å². The van der Waals surface area contributed by atoms with Crippen LogP contribution in [-0.2, 0) is 9.59 Å². The van der Waals surface area contributed by atoms with Gasteiger partial charge < -0.3 is 15.1 Å². The van der Waals surface area contributed by atoms with Crippen molar-refractivity contribution in [1.82, 2.24) is 0 Å². The number of hydrogen-bond acceptors (Lipinski definition) is 5.